The van der Waals surface area contributed by atoms with E-state index in [1.165, 1.54) is 38.5 Å². The van der Waals surface area contributed by atoms with Gasteiger partial charge in [-0.05, 0) is 50.0 Å². The monoisotopic (exact) mass is 139 g/mol. The van der Waals surface area contributed by atoms with Crippen LogP contribution in [0.1, 0.15) is 38.5 Å². The molecule has 2 fully saturated rings. The van der Waals surface area contributed by atoms with Gasteiger partial charge < -0.3 is 5.73 Å². The fourth-order valence-electron chi connectivity index (χ4n) is 2.68. The van der Waals surface area contributed by atoms with E-state index in [2.05, 4.69) is 0 Å². The lowest BCUT2D eigenvalue weighted by atomic mass is 9.90. The molecular formula is C9H17N. The van der Waals surface area contributed by atoms with Crippen molar-refractivity contribution in [3.63, 3.8) is 0 Å². The minimum Gasteiger partial charge on any atom is -0.330 e. The van der Waals surface area contributed by atoms with Crippen molar-refractivity contribution < 1.29 is 0 Å². The van der Waals surface area contributed by atoms with Crippen molar-refractivity contribution in [2.45, 2.75) is 38.5 Å². The predicted octanol–water partition coefficient (Wildman–Crippen LogP) is 1.92. The Morgan fingerprint density at radius 2 is 2.10 bits per heavy atom. The molecule has 0 aromatic carbocycles. The molecule has 1 unspecified atom stereocenters. The molecule has 0 saturated heterocycles. The first-order chi connectivity index (χ1) is 4.87. The average Bonchev–Trinajstić information content (AvgIpc) is 2.57. The van der Waals surface area contributed by atoms with Crippen molar-refractivity contribution in [3.8, 4) is 0 Å². The van der Waals surface area contributed by atoms with Gasteiger partial charge in [0.1, 0.15) is 0 Å². The Morgan fingerprint density at radius 1 is 1.30 bits per heavy atom. The Bertz CT molecular complexity index is 127. The van der Waals surface area contributed by atoms with Crippen LogP contribution in [0.3, 0.4) is 0 Å². The summed E-state index contributed by atoms with van der Waals surface area (Å²) in [5.74, 6) is 1.01. The Hall–Kier alpha value is -0.0400. The minimum absolute atomic E-state index is 0.833. The highest BCUT2D eigenvalue weighted by Gasteiger charge is 2.50. The molecule has 0 bridgehead atoms. The van der Waals surface area contributed by atoms with Crippen LogP contribution in [0.25, 0.3) is 0 Å². The van der Waals surface area contributed by atoms with E-state index in [4.69, 9.17) is 5.73 Å². The second-order valence-corrected chi connectivity index (χ2v) is 4.03. The first-order valence-electron chi connectivity index (χ1n) is 4.57. The van der Waals surface area contributed by atoms with Gasteiger partial charge in [-0.1, -0.05) is 6.42 Å². The van der Waals surface area contributed by atoms with Crippen LogP contribution in [-0.4, -0.2) is 6.54 Å². The third kappa shape index (κ3) is 0.878. The molecule has 1 atom stereocenters. The first kappa shape index (κ1) is 6.66. The Morgan fingerprint density at radius 3 is 2.70 bits per heavy atom. The first-order valence-corrected chi connectivity index (χ1v) is 4.57. The van der Waals surface area contributed by atoms with E-state index >= 15 is 0 Å². The van der Waals surface area contributed by atoms with Crippen LogP contribution in [-0.2, 0) is 0 Å². The Labute approximate surface area is 63.0 Å². The average molecular weight is 139 g/mol. The maximum absolute atomic E-state index is 5.56. The fraction of sp³-hybridized carbons (Fsp3) is 1.00. The van der Waals surface area contributed by atoms with Crippen LogP contribution in [0.15, 0.2) is 0 Å². The van der Waals surface area contributed by atoms with Crippen LogP contribution in [0, 0.1) is 11.3 Å². The third-order valence-electron chi connectivity index (χ3n) is 3.50. The molecule has 2 rings (SSSR count). The summed E-state index contributed by atoms with van der Waals surface area (Å²) in [4.78, 5) is 0. The largest absolute Gasteiger partial charge is 0.330 e. The summed E-state index contributed by atoms with van der Waals surface area (Å²) in [5.41, 5.74) is 6.39. The van der Waals surface area contributed by atoms with E-state index < -0.39 is 0 Å². The van der Waals surface area contributed by atoms with Crippen LogP contribution in [0.2, 0.25) is 0 Å². The molecule has 0 heterocycles. The normalized spacial score (nSPS) is 35.1. The Balaban J connectivity index is 1.94. The van der Waals surface area contributed by atoms with E-state index in [0.717, 1.165) is 17.9 Å². The van der Waals surface area contributed by atoms with Gasteiger partial charge in [-0.3, -0.25) is 0 Å². The molecule has 2 aliphatic carbocycles. The molecule has 0 amide bonds. The highest BCUT2D eigenvalue weighted by Crippen LogP contribution is 2.62. The quantitative estimate of drug-likeness (QED) is 0.621. The van der Waals surface area contributed by atoms with Crippen LogP contribution in [0.4, 0.5) is 0 Å². The molecule has 2 saturated carbocycles. The summed E-state index contributed by atoms with van der Waals surface area (Å²) in [6.07, 6.45) is 8.77. The number of hydrogen-bond donors (Lipinski definition) is 1. The molecular weight excluding hydrogens is 122 g/mol. The highest BCUT2D eigenvalue weighted by molar-refractivity contribution is 5.01. The van der Waals surface area contributed by atoms with Crippen LogP contribution in [0.5, 0.6) is 0 Å². The SMILES string of the molecule is NCCC1CCCC12CC2. The summed E-state index contributed by atoms with van der Waals surface area (Å²) in [6.45, 7) is 0.909. The van der Waals surface area contributed by atoms with E-state index in [-0.39, 0.29) is 0 Å². The van der Waals surface area contributed by atoms with Gasteiger partial charge in [0, 0.05) is 0 Å². The zero-order valence-corrected chi connectivity index (χ0v) is 6.60. The lowest BCUT2D eigenvalue weighted by Crippen LogP contribution is -2.13. The van der Waals surface area contributed by atoms with Gasteiger partial charge in [0.15, 0.2) is 0 Å². The zero-order valence-electron chi connectivity index (χ0n) is 6.60. The summed E-state index contributed by atoms with van der Waals surface area (Å²) >= 11 is 0. The van der Waals surface area contributed by atoms with Crippen LogP contribution < -0.4 is 5.73 Å². The van der Waals surface area contributed by atoms with Crippen molar-refractivity contribution in [1.82, 2.24) is 0 Å². The molecule has 0 aromatic heterocycles. The van der Waals surface area contributed by atoms with Gasteiger partial charge in [-0.15, -0.1) is 0 Å². The molecule has 58 valence electrons. The van der Waals surface area contributed by atoms with E-state index in [1.54, 1.807) is 0 Å². The van der Waals surface area contributed by atoms with E-state index in [0.29, 0.717) is 0 Å². The van der Waals surface area contributed by atoms with E-state index in [9.17, 15) is 0 Å². The third-order valence-corrected chi connectivity index (χ3v) is 3.50. The zero-order chi connectivity index (χ0) is 7.03. The van der Waals surface area contributed by atoms with Gasteiger partial charge >= 0.3 is 0 Å². The molecule has 1 heteroatoms. The maximum atomic E-state index is 5.56. The van der Waals surface area contributed by atoms with Crippen molar-refractivity contribution in [3.05, 3.63) is 0 Å². The molecule has 1 nitrogen and oxygen atoms in total. The topological polar surface area (TPSA) is 26.0 Å². The molecule has 2 N–H and O–H groups in total. The molecule has 0 aliphatic heterocycles. The Kier molecular flexibility index (Phi) is 1.48. The molecule has 2 aliphatic rings. The smallest absolute Gasteiger partial charge is 0.00744 e. The second kappa shape index (κ2) is 2.23. The standard InChI is InChI=1S/C9H17N/c10-7-3-8-2-1-4-9(8)5-6-9/h8H,1-7,10H2. The van der Waals surface area contributed by atoms with Crippen molar-refractivity contribution in [1.29, 1.82) is 0 Å². The molecule has 0 aromatic rings. The molecule has 0 radical (unpaired) electrons. The number of hydrogen-bond acceptors (Lipinski definition) is 1. The second-order valence-electron chi connectivity index (χ2n) is 4.03. The minimum atomic E-state index is 0.833. The summed E-state index contributed by atoms with van der Waals surface area (Å²) in [6, 6.07) is 0. The molecule has 10 heavy (non-hydrogen) atoms. The fourth-order valence-corrected chi connectivity index (χ4v) is 2.68. The van der Waals surface area contributed by atoms with Crippen LogP contribution >= 0.6 is 0 Å². The van der Waals surface area contributed by atoms with Gasteiger partial charge in [0.2, 0.25) is 0 Å². The predicted molar refractivity (Wildman–Crippen MR) is 42.7 cm³/mol. The summed E-state index contributed by atoms with van der Waals surface area (Å²) < 4.78 is 0. The van der Waals surface area contributed by atoms with Gasteiger partial charge in [0.05, 0.1) is 0 Å². The van der Waals surface area contributed by atoms with Gasteiger partial charge in [0.25, 0.3) is 0 Å². The lowest BCUT2D eigenvalue weighted by Gasteiger charge is -2.16. The summed E-state index contributed by atoms with van der Waals surface area (Å²) in [5, 5.41) is 0. The number of rotatable bonds is 2. The van der Waals surface area contributed by atoms with Crippen molar-refractivity contribution in [2.24, 2.45) is 17.1 Å². The molecule has 1 spiro atoms. The number of nitrogens with two attached hydrogens (primary N) is 1. The van der Waals surface area contributed by atoms with Gasteiger partial charge in [-0.25, -0.2) is 0 Å². The lowest BCUT2D eigenvalue weighted by molar-refractivity contribution is 0.347. The highest BCUT2D eigenvalue weighted by atomic mass is 14.6. The maximum Gasteiger partial charge on any atom is -0.00744 e. The van der Waals surface area contributed by atoms with Crippen molar-refractivity contribution >= 4 is 0 Å². The summed E-state index contributed by atoms with van der Waals surface area (Å²) in [7, 11) is 0. The van der Waals surface area contributed by atoms with E-state index in [1.807, 2.05) is 0 Å². The van der Waals surface area contributed by atoms with Crippen molar-refractivity contribution in [2.75, 3.05) is 6.54 Å². The van der Waals surface area contributed by atoms with Gasteiger partial charge in [-0.2, -0.15) is 0 Å².